The van der Waals surface area contributed by atoms with E-state index >= 15 is 0 Å². The Bertz CT molecular complexity index is 956. The van der Waals surface area contributed by atoms with Gasteiger partial charge in [-0.05, 0) is 43.7 Å². The molecule has 0 amide bonds. The van der Waals surface area contributed by atoms with Gasteiger partial charge in [0.25, 0.3) is 15.6 Å². The molecule has 2 aromatic carbocycles. The molecule has 24 heavy (non-hydrogen) atoms. The highest BCUT2D eigenvalue weighted by atomic mass is 32.2. The van der Waals surface area contributed by atoms with Gasteiger partial charge in [-0.25, -0.2) is 0 Å². The van der Waals surface area contributed by atoms with Gasteiger partial charge in [0, 0.05) is 6.07 Å². The zero-order valence-corrected chi connectivity index (χ0v) is 14.6. The van der Waals surface area contributed by atoms with Crippen LogP contribution in [-0.4, -0.2) is 18.1 Å². The van der Waals surface area contributed by atoms with Gasteiger partial charge in [0.05, 0.1) is 10.3 Å². The second-order valence-electron chi connectivity index (χ2n) is 5.57. The van der Waals surface area contributed by atoms with E-state index in [0.717, 1.165) is 16.5 Å². The van der Waals surface area contributed by atoms with Crippen molar-refractivity contribution in [3.05, 3.63) is 65.9 Å². The lowest BCUT2D eigenvalue weighted by atomic mass is 10.1. The highest BCUT2D eigenvalue weighted by Gasteiger charge is 2.10. The molecule has 0 aliphatic rings. The zero-order chi connectivity index (χ0) is 17.9. The van der Waals surface area contributed by atoms with Crippen LogP contribution < -0.4 is 4.57 Å². The number of hydrogen-bond donors (Lipinski definition) is 2. The highest BCUT2D eigenvalue weighted by molar-refractivity contribution is 7.85. The van der Waals surface area contributed by atoms with Crippen LogP contribution in [0.5, 0.6) is 5.75 Å². The van der Waals surface area contributed by atoms with Crippen LogP contribution in [-0.2, 0) is 17.2 Å². The molecule has 2 N–H and O–H groups in total. The highest BCUT2D eigenvalue weighted by Crippen LogP contribution is 2.22. The topological polar surface area (TPSA) is 78.5 Å². The average molecular weight is 346 g/mol. The van der Waals surface area contributed by atoms with Gasteiger partial charge in [0.15, 0.2) is 11.9 Å². The molecule has 3 rings (SSSR count). The molecule has 0 fully saturated rings. The van der Waals surface area contributed by atoms with Crippen molar-refractivity contribution in [1.82, 2.24) is 0 Å². The minimum atomic E-state index is -4.02. The molecule has 126 valence electrons. The van der Waals surface area contributed by atoms with E-state index in [-0.39, 0.29) is 4.90 Å². The first-order chi connectivity index (χ1) is 11.2. The van der Waals surface area contributed by atoms with Crippen LogP contribution in [0.25, 0.3) is 10.9 Å². The van der Waals surface area contributed by atoms with Crippen molar-refractivity contribution in [2.24, 2.45) is 7.05 Å². The molecule has 0 aliphatic carbocycles. The molecular weight excluding hydrogens is 326 g/mol. The van der Waals surface area contributed by atoms with Gasteiger partial charge in [0.2, 0.25) is 0 Å². The Kier molecular flexibility index (Phi) is 5.21. The molecule has 0 aliphatic heterocycles. The Morgan fingerprint density at radius 3 is 2.12 bits per heavy atom. The first-order valence-electron chi connectivity index (χ1n) is 7.31. The Hall–Kier alpha value is -2.44. The molecular formula is C18H20NO4S+. The lowest BCUT2D eigenvalue weighted by Gasteiger charge is -2.01. The number of benzene rings is 2. The van der Waals surface area contributed by atoms with E-state index in [1.54, 1.807) is 18.2 Å². The minimum absolute atomic E-state index is 0.0666. The number of rotatable bonds is 1. The van der Waals surface area contributed by atoms with Gasteiger partial charge in [-0.3, -0.25) is 4.55 Å². The Morgan fingerprint density at radius 2 is 1.58 bits per heavy atom. The summed E-state index contributed by atoms with van der Waals surface area (Å²) in [6.45, 7) is 3.88. The molecule has 0 bridgehead atoms. The van der Waals surface area contributed by atoms with E-state index < -0.39 is 10.1 Å². The summed E-state index contributed by atoms with van der Waals surface area (Å²) in [6, 6.07) is 13.6. The number of phenolic OH excluding ortho intramolecular Hbond substituents is 1. The second-order valence-corrected chi connectivity index (χ2v) is 6.99. The number of fused-ring (bicyclic) bond motifs is 1. The fraction of sp³-hybridized carbons (Fsp3) is 0.167. The smallest absolute Gasteiger partial charge is 0.294 e. The van der Waals surface area contributed by atoms with E-state index in [9.17, 15) is 13.5 Å². The van der Waals surface area contributed by atoms with Crippen molar-refractivity contribution in [2.45, 2.75) is 18.7 Å². The Morgan fingerprint density at radius 1 is 0.958 bits per heavy atom. The summed E-state index contributed by atoms with van der Waals surface area (Å²) in [7, 11) is -2.09. The molecule has 3 aromatic rings. The lowest BCUT2D eigenvalue weighted by Crippen LogP contribution is -2.28. The summed E-state index contributed by atoms with van der Waals surface area (Å²) in [5, 5.41) is 10.8. The van der Waals surface area contributed by atoms with E-state index in [0.29, 0.717) is 5.75 Å². The number of phenols is 1. The maximum absolute atomic E-state index is 10.5. The summed E-state index contributed by atoms with van der Waals surface area (Å²) >= 11 is 0. The number of nitrogens with zero attached hydrogens (tertiary/aromatic N) is 1. The van der Waals surface area contributed by atoms with Crippen molar-refractivity contribution < 1.29 is 22.6 Å². The molecule has 0 radical (unpaired) electrons. The van der Waals surface area contributed by atoms with Gasteiger partial charge in [-0.15, -0.1) is 0 Å². The zero-order valence-electron chi connectivity index (χ0n) is 13.8. The third-order valence-corrected chi connectivity index (χ3v) is 4.53. The van der Waals surface area contributed by atoms with Crippen LogP contribution in [0.2, 0.25) is 0 Å². The lowest BCUT2D eigenvalue weighted by molar-refractivity contribution is -0.645. The third-order valence-electron chi connectivity index (χ3n) is 3.66. The van der Waals surface area contributed by atoms with Crippen LogP contribution >= 0.6 is 0 Å². The summed E-state index contributed by atoms with van der Waals surface area (Å²) < 4.78 is 31.5. The number of aromatic nitrogens is 1. The average Bonchev–Trinajstić information content (AvgIpc) is 2.51. The molecule has 1 heterocycles. The first kappa shape index (κ1) is 17.9. The van der Waals surface area contributed by atoms with Crippen molar-refractivity contribution >= 4 is 21.0 Å². The molecule has 5 nitrogen and oxygen atoms in total. The quantitative estimate of drug-likeness (QED) is 0.524. The van der Waals surface area contributed by atoms with Gasteiger partial charge < -0.3 is 5.11 Å². The van der Waals surface area contributed by atoms with Crippen LogP contribution in [0.4, 0.5) is 0 Å². The fourth-order valence-electron chi connectivity index (χ4n) is 2.32. The molecule has 0 atom stereocenters. The Balaban J connectivity index is 0.000000177. The van der Waals surface area contributed by atoms with Gasteiger partial charge >= 0.3 is 0 Å². The van der Waals surface area contributed by atoms with Gasteiger partial charge in [0.1, 0.15) is 7.05 Å². The van der Waals surface area contributed by atoms with Gasteiger partial charge in [-0.1, -0.05) is 23.8 Å². The number of pyridine rings is 1. The van der Waals surface area contributed by atoms with Crippen molar-refractivity contribution in [1.29, 1.82) is 0 Å². The van der Waals surface area contributed by atoms with Crippen LogP contribution in [0, 0.1) is 13.8 Å². The Labute approximate surface area is 141 Å². The third kappa shape index (κ3) is 4.10. The normalized spacial score (nSPS) is 11.0. The van der Waals surface area contributed by atoms with E-state index in [2.05, 4.69) is 0 Å². The van der Waals surface area contributed by atoms with Crippen LogP contribution in [0.3, 0.4) is 0 Å². The van der Waals surface area contributed by atoms with Crippen molar-refractivity contribution in [2.75, 3.05) is 0 Å². The van der Waals surface area contributed by atoms with Crippen molar-refractivity contribution in [3.63, 3.8) is 0 Å². The monoisotopic (exact) mass is 346 g/mol. The van der Waals surface area contributed by atoms with Crippen LogP contribution in [0.15, 0.2) is 59.6 Å². The molecule has 1 aromatic heterocycles. The van der Waals surface area contributed by atoms with E-state index in [4.69, 9.17) is 4.55 Å². The maximum Gasteiger partial charge on any atom is 0.294 e. The molecule has 0 saturated heterocycles. The number of aromatic hydroxyl groups is 1. The predicted molar refractivity (Wildman–Crippen MR) is 92.5 cm³/mol. The second kappa shape index (κ2) is 6.98. The summed E-state index contributed by atoms with van der Waals surface area (Å²) in [6.07, 6.45) is 1.96. The van der Waals surface area contributed by atoms with E-state index in [1.807, 2.05) is 49.9 Å². The summed E-state index contributed by atoms with van der Waals surface area (Å²) in [4.78, 5) is -0.0666. The molecule has 0 unspecified atom stereocenters. The largest absolute Gasteiger partial charge is 0.502 e. The SMILES string of the molecule is Cc1cc[n+](C)c2c(O)cccc12.Cc1ccc(S(=O)(=O)O)cc1. The maximum atomic E-state index is 10.5. The summed E-state index contributed by atoms with van der Waals surface area (Å²) in [5.74, 6) is 0.337. The number of para-hydroxylation sites is 1. The van der Waals surface area contributed by atoms with Gasteiger partial charge in [-0.2, -0.15) is 13.0 Å². The number of hydrogen-bond acceptors (Lipinski definition) is 3. The standard InChI is InChI=1S/C11H11NO.C7H8O3S/c1-8-6-7-12(2)11-9(8)4-3-5-10(11)13;1-6-2-4-7(5-3-6)11(8,9)10/h3-7H,1-2H3;2-5H,1H3,(H,8,9,10)/p+1. The van der Waals surface area contributed by atoms with E-state index in [1.165, 1.54) is 17.7 Å². The summed E-state index contributed by atoms with van der Waals surface area (Å²) in [5.41, 5.74) is 3.03. The molecule has 0 spiro atoms. The molecule has 6 heteroatoms. The minimum Gasteiger partial charge on any atom is -0.502 e. The molecule has 0 saturated carbocycles. The first-order valence-corrected chi connectivity index (χ1v) is 8.75. The fourth-order valence-corrected chi connectivity index (χ4v) is 2.80. The predicted octanol–water partition coefficient (Wildman–Crippen LogP) is 2.92. The van der Waals surface area contributed by atoms with Crippen molar-refractivity contribution in [3.8, 4) is 5.75 Å². The number of aryl methyl sites for hydroxylation is 3. The van der Waals surface area contributed by atoms with Crippen LogP contribution in [0.1, 0.15) is 11.1 Å².